The first-order chi connectivity index (χ1) is 16.0. The molecular weight excluding hydrogens is 438 g/mol. The quantitative estimate of drug-likeness (QED) is 0.349. The number of hydrogen-bond donors (Lipinski definition) is 2. The van der Waals surface area contributed by atoms with Crippen LogP contribution in [-0.4, -0.2) is 22.1 Å². The Morgan fingerprint density at radius 1 is 0.970 bits per heavy atom. The lowest BCUT2D eigenvalue weighted by Crippen LogP contribution is -2.25. The van der Waals surface area contributed by atoms with Crippen LogP contribution in [0.5, 0.6) is 17.2 Å². The number of anilines is 1. The Hall–Kier alpha value is -3.91. The highest BCUT2D eigenvalue weighted by Gasteiger charge is 2.09. The minimum absolute atomic E-state index is 0.111. The largest absolute Gasteiger partial charge is 0.494 e. The molecule has 0 saturated heterocycles. The van der Waals surface area contributed by atoms with Gasteiger partial charge in [0.2, 0.25) is 5.91 Å². The van der Waals surface area contributed by atoms with Crippen molar-refractivity contribution in [3.05, 3.63) is 87.9 Å². The lowest BCUT2D eigenvalue weighted by atomic mass is 10.2. The average Bonchev–Trinajstić information content (AvgIpc) is 2.82. The van der Waals surface area contributed by atoms with E-state index in [9.17, 15) is 9.59 Å². The van der Waals surface area contributed by atoms with Crippen LogP contribution in [0.4, 0.5) is 5.69 Å². The van der Waals surface area contributed by atoms with E-state index in [0.29, 0.717) is 39.5 Å². The van der Waals surface area contributed by atoms with E-state index in [0.717, 1.165) is 5.75 Å². The van der Waals surface area contributed by atoms with Gasteiger partial charge in [-0.2, -0.15) is 0 Å². The molecule has 0 aliphatic carbocycles. The Balaban J connectivity index is 1.35. The zero-order valence-corrected chi connectivity index (χ0v) is 18.9. The van der Waals surface area contributed by atoms with Crippen molar-refractivity contribution in [3.8, 4) is 17.2 Å². The summed E-state index contributed by atoms with van der Waals surface area (Å²) in [6, 6.07) is 21.6. The smallest absolute Gasteiger partial charge is 0.262 e. The first-order valence-electron chi connectivity index (χ1n) is 10.6. The van der Waals surface area contributed by atoms with E-state index in [2.05, 4.69) is 10.3 Å². The van der Waals surface area contributed by atoms with E-state index in [1.54, 1.807) is 42.5 Å². The molecule has 0 atom stereocenters. The highest BCUT2D eigenvalue weighted by molar-refractivity contribution is 7.71. The summed E-state index contributed by atoms with van der Waals surface area (Å²) in [4.78, 5) is 28.1. The van der Waals surface area contributed by atoms with Gasteiger partial charge in [-0.1, -0.05) is 12.1 Å². The van der Waals surface area contributed by atoms with Crippen molar-refractivity contribution in [2.75, 3.05) is 11.9 Å². The molecule has 8 heteroatoms. The number of fused-ring (bicyclic) bond motifs is 1. The molecule has 2 N–H and O–H groups in total. The summed E-state index contributed by atoms with van der Waals surface area (Å²) >= 11 is 5.29. The minimum Gasteiger partial charge on any atom is -0.494 e. The molecule has 168 valence electrons. The van der Waals surface area contributed by atoms with E-state index in [1.165, 1.54) is 4.57 Å². The van der Waals surface area contributed by atoms with Gasteiger partial charge in [0.05, 0.1) is 17.5 Å². The van der Waals surface area contributed by atoms with Gasteiger partial charge < -0.3 is 19.8 Å². The number of aromatic amines is 1. The molecule has 0 spiro atoms. The van der Waals surface area contributed by atoms with Crippen molar-refractivity contribution in [3.63, 3.8) is 0 Å². The Morgan fingerprint density at radius 2 is 1.61 bits per heavy atom. The standard InChI is InChI=1S/C25H23N3O4S/c1-2-31-18-11-13-20(14-12-18)32-19-9-7-17(8-10-19)26-23(29)15-16-28-24(30)21-5-3-4-6-22(21)27-25(28)33/h3-14H,2,15-16H2,1H3,(H,26,29)(H,27,33). The molecule has 1 amide bonds. The number of amides is 1. The van der Waals surface area contributed by atoms with Gasteiger partial charge in [-0.15, -0.1) is 0 Å². The maximum absolute atomic E-state index is 12.7. The highest BCUT2D eigenvalue weighted by atomic mass is 32.1. The van der Waals surface area contributed by atoms with E-state index in [4.69, 9.17) is 21.7 Å². The third kappa shape index (κ3) is 5.48. The lowest BCUT2D eigenvalue weighted by Gasteiger charge is -2.10. The van der Waals surface area contributed by atoms with E-state index in [-0.39, 0.29) is 24.4 Å². The van der Waals surface area contributed by atoms with Crippen molar-refractivity contribution < 1.29 is 14.3 Å². The van der Waals surface area contributed by atoms with Gasteiger partial charge in [-0.05, 0) is 79.8 Å². The first-order valence-corrected chi connectivity index (χ1v) is 11.0. The molecule has 0 aliphatic rings. The Labute approximate surface area is 195 Å². The predicted molar refractivity (Wildman–Crippen MR) is 131 cm³/mol. The fourth-order valence-electron chi connectivity index (χ4n) is 3.35. The second kappa shape index (κ2) is 10.1. The topological polar surface area (TPSA) is 85.3 Å². The van der Waals surface area contributed by atoms with Crippen molar-refractivity contribution in [1.29, 1.82) is 0 Å². The van der Waals surface area contributed by atoms with Crippen molar-refractivity contribution in [1.82, 2.24) is 9.55 Å². The number of ether oxygens (including phenoxy) is 2. The Bertz CT molecular complexity index is 1380. The number of H-pyrrole nitrogens is 1. The molecule has 0 fully saturated rings. The normalized spacial score (nSPS) is 10.7. The van der Waals surface area contributed by atoms with Crippen LogP contribution in [0.2, 0.25) is 0 Å². The fourth-order valence-corrected chi connectivity index (χ4v) is 3.64. The van der Waals surface area contributed by atoms with Gasteiger partial charge in [0, 0.05) is 18.7 Å². The molecule has 0 saturated carbocycles. The fraction of sp³-hybridized carbons (Fsp3) is 0.160. The highest BCUT2D eigenvalue weighted by Crippen LogP contribution is 2.25. The average molecular weight is 462 g/mol. The molecule has 0 aliphatic heterocycles. The Morgan fingerprint density at radius 3 is 2.30 bits per heavy atom. The summed E-state index contributed by atoms with van der Waals surface area (Å²) in [7, 11) is 0. The monoisotopic (exact) mass is 461 g/mol. The maximum Gasteiger partial charge on any atom is 0.262 e. The number of nitrogens with zero attached hydrogens (tertiary/aromatic N) is 1. The van der Waals surface area contributed by atoms with Crippen LogP contribution >= 0.6 is 12.2 Å². The minimum atomic E-state index is -0.218. The van der Waals surface area contributed by atoms with Gasteiger partial charge in [0.25, 0.3) is 5.56 Å². The summed E-state index contributed by atoms with van der Waals surface area (Å²) < 4.78 is 12.9. The van der Waals surface area contributed by atoms with Crippen LogP contribution in [0.15, 0.2) is 77.6 Å². The van der Waals surface area contributed by atoms with Gasteiger partial charge in [-0.3, -0.25) is 14.2 Å². The number of benzene rings is 3. The van der Waals surface area contributed by atoms with Gasteiger partial charge in [0.15, 0.2) is 4.77 Å². The molecule has 0 unspecified atom stereocenters. The van der Waals surface area contributed by atoms with Crippen molar-refractivity contribution in [2.24, 2.45) is 0 Å². The van der Waals surface area contributed by atoms with Crippen LogP contribution < -0.4 is 20.3 Å². The third-order valence-corrected chi connectivity index (χ3v) is 5.28. The van der Waals surface area contributed by atoms with Crippen LogP contribution in [0.1, 0.15) is 13.3 Å². The van der Waals surface area contributed by atoms with Crippen LogP contribution in [0.3, 0.4) is 0 Å². The summed E-state index contributed by atoms with van der Waals surface area (Å²) in [6.07, 6.45) is 0.111. The molecular formula is C25H23N3O4S. The van der Waals surface area contributed by atoms with Crippen LogP contribution in [0, 0.1) is 4.77 Å². The second-order valence-electron chi connectivity index (χ2n) is 7.26. The van der Waals surface area contributed by atoms with Gasteiger partial charge in [0.1, 0.15) is 17.2 Å². The number of aromatic nitrogens is 2. The second-order valence-corrected chi connectivity index (χ2v) is 7.65. The van der Waals surface area contributed by atoms with Gasteiger partial charge >= 0.3 is 0 Å². The van der Waals surface area contributed by atoms with E-state index >= 15 is 0 Å². The number of carbonyl (C=O) groups is 1. The molecule has 7 nitrogen and oxygen atoms in total. The van der Waals surface area contributed by atoms with Crippen molar-refractivity contribution >= 4 is 34.7 Å². The van der Waals surface area contributed by atoms with Crippen molar-refractivity contribution in [2.45, 2.75) is 19.9 Å². The molecule has 4 aromatic rings. The predicted octanol–water partition coefficient (Wildman–Crippen LogP) is 5.28. The third-order valence-electron chi connectivity index (χ3n) is 4.96. The number of nitrogens with one attached hydrogen (secondary N) is 2. The molecule has 1 aromatic heterocycles. The van der Waals surface area contributed by atoms with E-state index in [1.807, 2.05) is 37.3 Å². The molecule has 4 rings (SSSR count). The summed E-state index contributed by atoms with van der Waals surface area (Å²) in [6.45, 7) is 2.73. The molecule has 0 bridgehead atoms. The first kappa shape index (κ1) is 22.3. The van der Waals surface area contributed by atoms with Crippen LogP contribution in [0.25, 0.3) is 10.9 Å². The SMILES string of the molecule is CCOc1ccc(Oc2ccc(NC(=O)CCn3c(=S)[nH]c4ccccc4c3=O)cc2)cc1. The van der Waals surface area contributed by atoms with Gasteiger partial charge in [-0.25, -0.2) is 0 Å². The summed E-state index contributed by atoms with van der Waals surface area (Å²) in [5, 5.41) is 3.37. The molecule has 0 radical (unpaired) electrons. The zero-order valence-electron chi connectivity index (χ0n) is 18.0. The molecule has 1 heterocycles. The lowest BCUT2D eigenvalue weighted by molar-refractivity contribution is -0.116. The zero-order chi connectivity index (χ0) is 23.2. The summed E-state index contributed by atoms with van der Waals surface area (Å²) in [5.41, 5.74) is 1.11. The maximum atomic E-state index is 12.7. The summed E-state index contributed by atoms with van der Waals surface area (Å²) in [5.74, 6) is 1.90. The molecule has 33 heavy (non-hydrogen) atoms. The number of rotatable bonds is 8. The molecule has 3 aromatic carbocycles. The number of carbonyl (C=O) groups excluding carboxylic acids is 1. The Kier molecular flexibility index (Phi) is 6.85. The number of hydrogen-bond acceptors (Lipinski definition) is 5. The number of para-hydroxylation sites is 1. The van der Waals surface area contributed by atoms with E-state index < -0.39 is 0 Å². The van der Waals surface area contributed by atoms with Crippen LogP contribution in [-0.2, 0) is 11.3 Å².